The summed E-state index contributed by atoms with van der Waals surface area (Å²) in [5.41, 5.74) is 9.56. The van der Waals surface area contributed by atoms with Gasteiger partial charge in [0.2, 0.25) is 5.75 Å². The predicted octanol–water partition coefficient (Wildman–Crippen LogP) is 15.5. The van der Waals surface area contributed by atoms with Crippen molar-refractivity contribution in [1.29, 1.82) is 0 Å². The number of unbranched alkanes of at least 4 members (excludes halogenated alkanes) is 6. The molecule has 0 spiro atoms. The van der Waals surface area contributed by atoms with Crippen molar-refractivity contribution in [2.75, 3.05) is 35.5 Å². The Morgan fingerprint density at radius 1 is 0.625 bits per heavy atom. The van der Waals surface area contributed by atoms with E-state index in [1.165, 1.54) is 79.2 Å². The third-order valence-electron chi connectivity index (χ3n) is 9.99. The van der Waals surface area contributed by atoms with Crippen molar-refractivity contribution in [2.45, 2.75) is 140 Å². The molecule has 1 atom stereocenters. The zero-order chi connectivity index (χ0) is 42.5. The van der Waals surface area contributed by atoms with Gasteiger partial charge in [-0.15, -0.1) is 0 Å². The van der Waals surface area contributed by atoms with Crippen molar-refractivity contribution in [3.8, 4) is 28.7 Å². The summed E-state index contributed by atoms with van der Waals surface area (Å²) in [6.07, 6.45) is 26.9. The van der Waals surface area contributed by atoms with Crippen LogP contribution in [0, 0.1) is 12.8 Å². The molecule has 0 bridgehead atoms. The third-order valence-corrected chi connectivity index (χ3v) is 9.99. The SMILES string of the molecule is C=C/C(=C\C=C(\c1cc(OC)c(OC)c(OC)c1)C(C)CC)CCCC.CC/C(C)=C/C(C)=C\C=C(/C)c1cc(OC)c(C)c(OC)c1.CCCCCCCC. The number of hydrogen-bond donors (Lipinski definition) is 0. The molecule has 0 aliphatic heterocycles. The fraction of sp³-hybridized carbons (Fsp3) is 0.529. The van der Waals surface area contributed by atoms with Crippen LogP contribution >= 0.6 is 0 Å². The fourth-order valence-electron chi connectivity index (χ4n) is 5.90. The van der Waals surface area contributed by atoms with Crippen molar-refractivity contribution < 1.29 is 23.7 Å². The van der Waals surface area contributed by atoms with Gasteiger partial charge in [-0.3, -0.25) is 0 Å². The highest BCUT2D eigenvalue weighted by Crippen LogP contribution is 2.41. The van der Waals surface area contributed by atoms with Gasteiger partial charge in [-0.2, -0.15) is 0 Å². The van der Waals surface area contributed by atoms with Crippen LogP contribution in [0.2, 0.25) is 0 Å². The van der Waals surface area contributed by atoms with Crippen LogP contribution in [0.4, 0.5) is 0 Å². The molecule has 0 radical (unpaired) electrons. The minimum atomic E-state index is 0.409. The van der Waals surface area contributed by atoms with Gasteiger partial charge in [-0.05, 0) is 111 Å². The predicted molar refractivity (Wildman–Crippen MR) is 246 cm³/mol. The average Bonchev–Trinajstić information content (AvgIpc) is 3.22. The molecule has 2 aromatic rings. The van der Waals surface area contributed by atoms with Crippen LogP contribution < -0.4 is 23.7 Å². The van der Waals surface area contributed by atoms with E-state index in [1.54, 1.807) is 35.5 Å². The second-order valence-electron chi connectivity index (χ2n) is 14.4. The Kier molecular flexibility index (Phi) is 28.7. The first-order chi connectivity index (χ1) is 26.9. The van der Waals surface area contributed by atoms with E-state index in [9.17, 15) is 0 Å². The second-order valence-corrected chi connectivity index (χ2v) is 14.4. The first-order valence-corrected chi connectivity index (χ1v) is 21.0. The Labute approximate surface area is 344 Å². The summed E-state index contributed by atoms with van der Waals surface area (Å²) >= 11 is 0. The van der Waals surface area contributed by atoms with Gasteiger partial charge in [0.25, 0.3) is 0 Å². The van der Waals surface area contributed by atoms with Crippen molar-refractivity contribution in [3.05, 3.63) is 101 Å². The molecule has 0 saturated carbocycles. The summed E-state index contributed by atoms with van der Waals surface area (Å²) in [6.45, 7) is 25.7. The maximum absolute atomic E-state index is 5.52. The second kappa shape index (κ2) is 31.0. The molecule has 1 unspecified atom stereocenters. The monoisotopic (exact) mass is 773 g/mol. The number of allylic oxidation sites excluding steroid dienone is 11. The van der Waals surface area contributed by atoms with Crippen molar-refractivity contribution >= 4 is 11.1 Å². The highest BCUT2D eigenvalue weighted by atomic mass is 16.5. The van der Waals surface area contributed by atoms with E-state index >= 15 is 0 Å². The molecule has 0 heterocycles. The molecule has 0 aromatic heterocycles. The standard InChI is InChI=1S/C23H34O3.C20H28O2.C8H18/c1-8-11-12-18(10-3)13-14-20(17(4)9-2)19-15-21(24-5)23(26-7)22(16-19)25-6;1-8-14(2)11-15(3)9-10-16(4)18-12-19(21-6)17(5)20(13-18)22-7;1-3-5-7-8-6-4-2/h10,13-17H,3,8-9,11-12H2,1-2,4-7H3;9-13H,8H2,1-7H3;3-8H2,1-2H3/b18-13+,20-14+;14-11+,15-9-,16-10+;. The van der Waals surface area contributed by atoms with Crippen molar-refractivity contribution in [3.63, 3.8) is 0 Å². The Balaban J connectivity index is 0.000000913. The Morgan fingerprint density at radius 2 is 1.12 bits per heavy atom. The van der Waals surface area contributed by atoms with Gasteiger partial charge in [-0.25, -0.2) is 0 Å². The van der Waals surface area contributed by atoms with Crippen LogP contribution in [0.1, 0.15) is 150 Å². The fourth-order valence-corrected chi connectivity index (χ4v) is 5.90. The van der Waals surface area contributed by atoms with Crippen LogP contribution in [0.5, 0.6) is 28.7 Å². The summed E-state index contributed by atoms with van der Waals surface area (Å²) in [5, 5.41) is 0. The normalized spacial score (nSPS) is 12.8. The Hall–Kier alpha value is -4.12. The Bertz CT molecular complexity index is 1510. The maximum Gasteiger partial charge on any atom is 0.203 e. The van der Waals surface area contributed by atoms with Crippen LogP contribution in [0.15, 0.2) is 84.0 Å². The van der Waals surface area contributed by atoms with E-state index in [4.69, 9.17) is 23.7 Å². The summed E-state index contributed by atoms with van der Waals surface area (Å²) in [6, 6.07) is 8.15. The summed E-state index contributed by atoms with van der Waals surface area (Å²) in [4.78, 5) is 0. The van der Waals surface area contributed by atoms with Gasteiger partial charge >= 0.3 is 0 Å². The van der Waals surface area contributed by atoms with E-state index in [-0.39, 0.29) is 0 Å². The van der Waals surface area contributed by atoms with Gasteiger partial charge < -0.3 is 23.7 Å². The van der Waals surface area contributed by atoms with E-state index in [0.717, 1.165) is 47.5 Å². The van der Waals surface area contributed by atoms with E-state index in [0.29, 0.717) is 23.2 Å². The van der Waals surface area contributed by atoms with Gasteiger partial charge in [-0.1, -0.05) is 141 Å². The first-order valence-electron chi connectivity index (χ1n) is 21.0. The molecular weight excluding hydrogens is 693 g/mol. The third kappa shape index (κ3) is 19.2. The van der Waals surface area contributed by atoms with E-state index in [1.807, 2.05) is 25.1 Å². The minimum absolute atomic E-state index is 0.409. The van der Waals surface area contributed by atoms with Crippen molar-refractivity contribution in [1.82, 2.24) is 0 Å². The Morgan fingerprint density at radius 3 is 1.54 bits per heavy atom. The topological polar surface area (TPSA) is 46.2 Å². The lowest BCUT2D eigenvalue weighted by Crippen LogP contribution is -2.01. The molecule has 56 heavy (non-hydrogen) atoms. The lowest BCUT2D eigenvalue weighted by atomic mass is 9.90. The average molecular weight is 773 g/mol. The van der Waals surface area contributed by atoms with E-state index < -0.39 is 0 Å². The van der Waals surface area contributed by atoms with Gasteiger partial charge in [0.05, 0.1) is 35.5 Å². The summed E-state index contributed by atoms with van der Waals surface area (Å²) in [5.74, 6) is 4.08. The molecule has 0 saturated heterocycles. The summed E-state index contributed by atoms with van der Waals surface area (Å²) in [7, 11) is 8.29. The largest absolute Gasteiger partial charge is 0.496 e. The highest BCUT2D eigenvalue weighted by molar-refractivity contribution is 5.73. The summed E-state index contributed by atoms with van der Waals surface area (Å²) < 4.78 is 27.4. The van der Waals surface area contributed by atoms with Gasteiger partial charge in [0.15, 0.2) is 11.5 Å². The molecule has 0 N–H and O–H groups in total. The maximum atomic E-state index is 5.52. The zero-order valence-corrected chi connectivity index (χ0v) is 38.4. The molecule has 0 aliphatic rings. The van der Waals surface area contributed by atoms with Crippen LogP contribution in [-0.4, -0.2) is 35.5 Å². The molecule has 5 heteroatoms. The quantitative estimate of drug-likeness (QED) is 0.0881. The first kappa shape index (κ1) is 51.9. The molecule has 314 valence electrons. The molecule has 0 fully saturated rings. The number of rotatable bonds is 22. The minimum Gasteiger partial charge on any atom is -0.496 e. The van der Waals surface area contributed by atoms with Crippen LogP contribution in [-0.2, 0) is 0 Å². The van der Waals surface area contributed by atoms with E-state index in [2.05, 4.69) is 111 Å². The van der Waals surface area contributed by atoms with Gasteiger partial charge in [0, 0.05) is 5.56 Å². The smallest absolute Gasteiger partial charge is 0.203 e. The molecule has 2 rings (SSSR count). The number of hydrogen-bond acceptors (Lipinski definition) is 5. The molecular formula is C51H80O5. The number of methoxy groups -OCH3 is 5. The molecule has 0 amide bonds. The van der Waals surface area contributed by atoms with Crippen LogP contribution in [0.3, 0.4) is 0 Å². The van der Waals surface area contributed by atoms with Gasteiger partial charge in [0.1, 0.15) is 11.5 Å². The zero-order valence-electron chi connectivity index (χ0n) is 38.4. The lowest BCUT2D eigenvalue weighted by molar-refractivity contribution is 0.324. The van der Waals surface area contributed by atoms with Crippen molar-refractivity contribution in [2.24, 2.45) is 5.92 Å². The highest BCUT2D eigenvalue weighted by Gasteiger charge is 2.17. The molecule has 5 nitrogen and oxygen atoms in total. The number of benzene rings is 2. The molecule has 2 aromatic carbocycles. The van der Waals surface area contributed by atoms with Crippen LogP contribution in [0.25, 0.3) is 11.1 Å². The lowest BCUT2D eigenvalue weighted by Gasteiger charge is -2.19. The molecule has 0 aliphatic carbocycles. The number of ether oxygens (including phenoxy) is 5.